The SMILES string of the molecule is [CH2]C[SiH2]O[SiH3]. The third-order valence-corrected chi connectivity index (χ3v) is 2.27. The number of hydrogen-bond donors (Lipinski definition) is 0. The highest BCUT2D eigenvalue weighted by molar-refractivity contribution is 6.34. The lowest BCUT2D eigenvalue weighted by molar-refractivity contribution is 0.665. The maximum absolute atomic E-state index is 4.91. The smallest absolute Gasteiger partial charge is 0.145 e. The molecule has 0 rings (SSSR count). The van der Waals surface area contributed by atoms with Crippen LogP contribution in [0.25, 0.3) is 0 Å². The maximum atomic E-state index is 4.91. The first-order valence-electron chi connectivity index (χ1n) is 1.70. The van der Waals surface area contributed by atoms with E-state index in [1.165, 1.54) is 0 Å². The Morgan fingerprint density at radius 1 is 2.00 bits per heavy atom. The third kappa shape index (κ3) is 4.39. The van der Waals surface area contributed by atoms with E-state index < -0.39 is 0 Å². The van der Waals surface area contributed by atoms with Gasteiger partial charge in [0.25, 0.3) is 0 Å². The first-order valence-corrected chi connectivity index (χ1v) is 4.09. The second-order valence-electron chi connectivity index (χ2n) is 0.846. The van der Waals surface area contributed by atoms with E-state index in [4.69, 9.17) is 4.12 Å². The Balaban J connectivity index is 2.19. The summed E-state index contributed by atoms with van der Waals surface area (Å²) in [4.78, 5) is 0. The molecule has 0 aliphatic carbocycles. The normalized spacial score (nSPS) is 11.4. The van der Waals surface area contributed by atoms with Crippen LogP contribution in [0.5, 0.6) is 0 Å². The van der Waals surface area contributed by atoms with E-state index >= 15 is 0 Å². The number of hydrogen-bond acceptors (Lipinski definition) is 1. The zero-order valence-electron chi connectivity index (χ0n) is 3.53. The molecule has 0 amide bonds. The Hall–Kier alpha value is 0.394. The summed E-state index contributed by atoms with van der Waals surface area (Å²) in [6, 6.07) is 1.05. The van der Waals surface area contributed by atoms with Crippen molar-refractivity contribution < 1.29 is 4.12 Å². The van der Waals surface area contributed by atoms with Crippen molar-refractivity contribution in [3.8, 4) is 0 Å². The molecular formula is C2H9OSi2. The van der Waals surface area contributed by atoms with Crippen LogP contribution in [-0.2, 0) is 4.12 Å². The van der Waals surface area contributed by atoms with Gasteiger partial charge in [-0.2, -0.15) is 0 Å². The minimum atomic E-state index is -0.117. The van der Waals surface area contributed by atoms with Gasteiger partial charge in [0, 0.05) is 0 Å². The van der Waals surface area contributed by atoms with E-state index in [9.17, 15) is 0 Å². The first kappa shape index (κ1) is 5.39. The zero-order chi connectivity index (χ0) is 4.12. The van der Waals surface area contributed by atoms with Crippen molar-refractivity contribution in [3.05, 3.63) is 6.92 Å². The lowest BCUT2D eigenvalue weighted by atomic mass is 11.0. The molecule has 0 bridgehead atoms. The molecule has 5 heavy (non-hydrogen) atoms. The van der Waals surface area contributed by atoms with Gasteiger partial charge < -0.3 is 4.12 Å². The zero-order valence-corrected chi connectivity index (χ0v) is 6.94. The summed E-state index contributed by atoms with van der Waals surface area (Å²) < 4.78 is 4.91. The summed E-state index contributed by atoms with van der Waals surface area (Å²) in [6.45, 7) is 3.63. The maximum Gasteiger partial charge on any atom is 0.145 e. The summed E-state index contributed by atoms with van der Waals surface area (Å²) in [5.74, 6) is 0. The molecule has 0 saturated heterocycles. The Labute approximate surface area is 38.2 Å². The van der Waals surface area contributed by atoms with E-state index in [0.29, 0.717) is 0 Å². The van der Waals surface area contributed by atoms with Crippen molar-refractivity contribution in [3.63, 3.8) is 0 Å². The van der Waals surface area contributed by atoms with Crippen molar-refractivity contribution >= 4 is 20.2 Å². The van der Waals surface area contributed by atoms with Gasteiger partial charge in [-0.3, -0.25) is 0 Å². The molecule has 1 radical (unpaired) electrons. The van der Waals surface area contributed by atoms with E-state index in [1.807, 2.05) is 0 Å². The van der Waals surface area contributed by atoms with Gasteiger partial charge in [-0.1, -0.05) is 6.92 Å². The molecule has 0 aliphatic heterocycles. The highest BCUT2D eigenvalue weighted by Gasteiger charge is 1.68. The largest absolute Gasteiger partial charge is 0.468 e. The third-order valence-electron chi connectivity index (χ3n) is 0.348. The van der Waals surface area contributed by atoms with Crippen LogP contribution in [-0.4, -0.2) is 20.2 Å². The second-order valence-corrected chi connectivity index (χ2v) is 4.27. The summed E-state index contributed by atoms with van der Waals surface area (Å²) in [6.07, 6.45) is 0. The van der Waals surface area contributed by atoms with Crippen molar-refractivity contribution in [2.24, 2.45) is 0 Å². The van der Waals surface area contributed by atoms with Crippen LogP contribution < -0.4 is 0 Å². The fourth-order valence-electron chi connectivity index (χ4n) is 0.144. The van der Waals surface area contributed by atoms with Gasteiger partial charge in [0.15, 0.2) is 0 Å². The fraction of sp³-hybridized carbons (Fsp3) is 0.500. The summed E-state index contributed by atoms with van der Waals surface area (Å²) in [5, 5.41) is 0. The molecule has 31 valence electrons. The summed E-state index contributed by atoms with van der Waals surface area (Å²) in [7, 11) is 0.803. The molecule has 0 aromatic carbocycles. The van der Waals surface area contributed by atoms with Crippen LogP contribution in [0.15, 0.2) is 0 Å². The monoisotopic (exact) mass is 105 g/mol. The van der Waals surface area contributed by atoms with Gasteiger partial charge in [-0.15, -0.1) is 0 Å². The average molecular weight is 105 g/mol. The summed E-state index contributed by atoms with van der Waals surface area (Å²) >= 11 is 0. The Morgan fingerprint density at radius 2 is 2.60 bits per heavy atom. The number of rotatable bonds is 2. The quantitative estimate of drug-likeness (QED) is 0.393. The molecule has 0 aliphatic rings. The van der Waals surface area contributed by atoms with Gasteiger partial charge in [-0.25, -0.2) is 0 Å². The highest BCUT2D eigenvalue weighted by atomic mass is 28.3. The average Bonchev–Trinajstić information content (AvgIpc) is 1.41. The van der Waals surface area contributed by atoms with Crippen molar-refractivity contribution in [2.45, 2.75) is 6.04 Å². The van der Waals surface area contributed by atoms with Crippen molar-refractivity contribution in [1.29, 1.82) is 0 Å². The van der Waals surface area contributed by atoms with Crippen LogP contribution in [0, 0.1) is 6.92 Å². The van der Waals surface area contributed by atoms with E-state index in [1.54, 1.807) is 0 Å². The Kier molecular flexibility index (Phi) is 4.74. The van der Waals surface area contributed by atoms with Crippen LogP contribution >= 0.6 is 0 Å². The molecule has 1 nitrogen and oxygen atoms in total. The lowest BCUT2D eigenvalue weighted by Crippen LogP contribution is -1.88. The topological polar surface area (TPSA) is 9.23 Å². The Bertz CT molecular complexity index is 15.1. The van der Waals surface area contributed by atoms with Crippen molar-refractivity contribution in [2.75, 3.05) is 0 Å². The fourth-order valence-corrected chi connectivity index (χ4v) is 1.30. The van der Waals surface area contributed by atoms with Gasteiger partial charge in [-0.05, 0) is 6.04 Å². The van der Waals surface area contributed by atoms with Gasteiger partial charge in [0.05, 0.1) is 0 Å². The molecule has 0 spiro atoms. The highest BCUT2D eigenvalue weighted by Crippen LogP contribution is 1.66. The molecule has 0 atom stereocenters. The molecule has 0 saturated carbocycles. The van der Waals surface area contributed by atoms with Crippen molar-refractivity contribution in [1.82, 2.24) is 0 Å². The van der Waals surface area contributed by atoms with Crippen LogP contribution in [0.4, 0.5) is 0 Å². The standard InChI is InChI=1S/C2H9OSi2/c1-2-5-3-4/h1-2,5H2,4H3. The Morgan fingerprint density at radius 3 is 2.60 bits per heavy atom. The van der Waals surface area contributed by atoms with E-state index in [-0.39, 0.29) is 9.76 Å². The minimum Gasteiger partial charge on any atom is -0.468 e. The molecule has 0 heterocycles. The molecule has 0 aromatic heterocycles. The molecule has 0 fully saturated rings. The van der Waals surface area contributed by atoms with E-state index in [2.05, 4.69) is 6.92 Å². The first-order chi connectivity index (χ1) is 2.41. The van der Waals surface area contributed by atoms with Gasteiger partial charge in [0.1, 0.15) is 20.2 Å². The van der Waals surface area contributed by atoms with Crippen LogP contribution in [0.2, 0.25) is 6.04 Å². The predicted molar refractivity (Wildman–Crippen MR) is 29.7 cm³/mol. The van der Waals surface area contributed by atoms with Gasteiger partial charge in [0.2, 0.25) is 0 Å². The van der Waals surface area contributed by atoms with Gasteiger partial charge >= 0.3 is 0 Å². The molecule has 0 aromatic rings. The lowest BCUT2D eigenvalue weighted by Gasteiger charge is -1.83. The second kappa shape index (κ2) is 4.39. The molecule has 0 N–H and O–H groups in total. The van der Waals surface area contributed by atoms with Crippen LogP contribution in [0.3, 0.4) is 0 Å². The molecular weight excluding hydrogens is 96.2 g/mol. The predicted octanol–water partition coefficient (Wildman–Crippen LogP) is -1.38. The summed E-state index contributed by atoms with van der Waals surface area (Å²) in [5.41, 5.74) is 0. The molecule has 0 unspecified atom stereocenters. The van der Waals surface area contributed by atoms with Crippen LogP contribution in [0.1, 0.15) is 0 Å². The van der Waals surface area contributed by atoms with E-state index in [0.717, 1.165) is 16.5 Å². The minimum absolute atomic E-state index is 0.117. The molecule has 3 heteroatoms.